The summed E-state index contributed by atoms with van der Waals surface area (Å²) in [4.78, 5) is 2.27. The van der Waals surface area contributed by atoms with Crippen LogP contribution < -0.4 is 4.90 Å². The highest BCUT2D eigenvalue weighted by Crippen LogP contribution is 2.37. The molecule has 0 aliphatic heterocycles. The third kappa shape index (κ3) is 3.07. The quantitative estimate of drug-likeness (QED) is 0.713. The molecule has 0 atom stereocenters. The summed E-state index contributed by atoms with van der Waals surface area (Å²) < 4.78 is 0. The molecule has 1 nitrogen and oxygen atoms in total. The van der Waals surface area contributed by atoms with E-state index in [0.29, 0.717) is 17.8 Å². The van der Waals surface area contributed by atoms with Crippen molar-refractivity contribution in [3.8, 4) is 0 Å². The van der Waals surface area contributed by atoms with Crippen LogP contribution in [0.25, 0.3) is 0 Å². The summed E-state index contributed by atoms with van der Waals surface area (Å²) in [6.45, 7) is 13.7. The number of hydrogen-bond donors (Lipinski definition) is 0. The Morgan fingerprint density at radius 2 is 1.11 bits per heavy atom. The predicted molar refractivity (Wildman–Crippen MR) is 83.0 cm³/mol. The maximum atomic E-state index is 2.40. The Kier molecular flexibility index (Phi) is 4.84. The van der Waals surface area contributed by atoms with Crippen LogP contribution in [-0.4, -0.2) is 14.1 Å². The van der Waals surface area contributed by atoms with E-state index in [0.717, 1.165) is 0 Å². The molecule has 0 spiro atoms. The Hall–Kier alpha value is -0.980. The van der Waals surface area contributed by atoms with Gasteiger partial charge in [0, 0.05) is 19.8 Å². The molecule has 1 rings (SSSR count). The maximum absolute atomic E-state index is 2.40. The number of rotatable bonds is 4. The molecule has 0 aliphatic rings. The van der Waals surface area contributed by atoms with Crippen molar-refractivity contribution in [3.05, 3.63) is 28.8 Å². The zero-order valence-corrected chi connectivity index (χ0v) is 13.3. The highest BCUT2D eigenvalue weighted by Gasteiger charge is 2.18. The fraction of sp³-hybridized carbons (Fsp3) is 0.647. The Bertz CT molecular complexity index is 371. The first-order valence-electron chi connectivity index (χ1n) is 7.10. The van der Waals surface area contributed by atoms with Crippen molar-refractivity contribution in [1.82, 2.24) is 0 Å². The van der Waals surface area contributed by atoms with Gasteiger partial charge in [0.25, 0.3) is 0 Å². The van der Waals surface area contributed by atoms with E-state index in [1.54, 1.807) is 0 Å². The van der Waals surface area contributed by atoms with E-state index in [2.05, 4.69) is 72.7 Å². The molecular formula is C17H29N. The Morgan fingerprint density at radius 1 is 0.722 bits per heavy atom. The summed E-state index contributed by atoms with van der Waals surface area (Å²) in [5, 5.41) is 0. The largest absolute Gasteiger partial charge is 0.377 e. The van der Waals surface area contributed by atoms with Gasteiger partial charge in [-0.2, -0.15) is 0 Å². The molecule has 1 aromatic rings. The molecule has 0 unspecified atom stereocenters. The first-order valence-corrected chi connectivity index (χ1v) is 7.10. The van der Waals surface area contributed by atoms with Crippen molar-refractivity contribution in [2.24, 2.45) is 0 Å². The van der Waals surface area contributed by atoms with Crippen molar-refractivity contribution in [1.29, 1.82) is 0 Å². The van der Waals surface area contributed by atoms with Gasteiger partial charge in [-0.05, 0) is 34.4 Å². The topological polar surface area (TPSA) is 3.24 Å². The number of nitrogens with zero attached hydrogens (tertiary/aromatic N) is 1. The van der Waals surface area contributed by atoms with E-state index >= 15 is 0 Å². The van der Waals surface area contributed by atoms with Gasteiger partial charge < -0.3 is 4.90 Å². The second-order valence-electron chi connectivity index (χ2n) is 6.41. The second kappa shape index (κ2) is 5.77. The molecule has 0 N–H and O–H groups in total. The summed E-state index contributed by atoms with van der Waals surface area (Å²) in [5.41, 5.74) is 5.85. The van der Waals surface area contributed by atoms with Crippen LogP contribution in [0.1, 0.15) is 76.0 Å². The Balaban J connectivity index is 3.55. The molecule has 0 saturated carbocycles. The summed E-state index contributed by atoms with van der Waals surface area (Å²) in [6, 6.07) is 4.80. The van der Waals surface area contributed by atoms with E-state index in [4.69, 9.17) is 0 Å². The van der Waals surface area contributed by atoms with Crippen LogP contribution in [0, 0.1) is 0 Å². The molecule has 0 aromatic heterocycles. The van der Waals surface area contributed by atoms with Crippen molar-refractivity contribution in [2.45, 2.75) is 59.3 Å². The molecule has 1 heteroatoms. The first-order chi connectivity index (χ1) is 8.25. The van der Waals surface area contributed by atoms with Gasteiger partial charge in [-0.25, -0.2) is 0 Å². The lowest BCUT2D eigenvalue weighted by molar-refractivity contribution is 0.797. The molecular weight excluding hydrogens is 218 g/mol. The summed E-state index contributed by atoms with van der Waals surface area (Å²) in [6.07, 6.45) is 0. The fourth-order valence-corrected chi connectivity index (χ4v) is 2.43. The summed E-state index contributed by atoms with van der Waals surface area (Å²) in [7, 11) is 4.31. The van der Waals surface area contributed by atoms with E-state index in [9.17, 15) is 0 Å². The Labute approximate surface area is 113 Å². The van der Waals surface area contributed by atoms with E-state index in [1.807, 2.05) is 0 Å². The van der Waals surface area contributed by atoms with Crippen LogP contribution in [0.4, 0.5) is 5.69 Å². The average Bonchev–Trinajstić information content (AvgIpc) is 2.26. The van der Waals surface area contributed by atoms with Crippen LogP contribution in [0.3, 0.4) is 0 Å². The zero-order chi connectivity index (χ0) is 14.0. The van der Waals surface area contributed by atoms with E-state index in [-0.39, 0.29) is 0 Å². The minimum Gasteiger partial charge on any atom is -0.377 e. The first kappa shape index (κ1) is 15.1. The standard InChI is InChI=1S/C17H29N/c1-11(2)14-9-15(12(3)4)17(18(7)8)16(10-14)13(5)6/h9-13H,1-8H3. The molecule has 0 amide bonds. The number of benzene rings is 1. The molecule has 0 fully saturated rings. The van der Waals surface area contributed by atoms with Gasteiger partial charge in [-0.3, -0.25) is 0 Å². The van der Waals surface area contributed by atoms with Gasteiger partial charge >= 0.3 is 0 Å². The SMILES string of the molecule is CC(C)c1cc(C(C)C)c(N(C)C)c(C(C)C)c1. The van der Waals surface area contributed by atoms with Gasteiger partial charge in [0.05, 0.1) is 0 Å². The van der Waals surface area contributed by atoms with Crippen LogP contribution in [0.2, 0.25) is 0 Å². The van der Waals surface area contributed by atoms with Crippen molar-refractivity contribution in [2.75, 3.05) is 19.0 Å². The monoisotopic (exact) mass is 247 g/mol. The maximum Gasteiger partial charge on any atom is 0.0431 e. The third-order valence-corrected chi connectivity index (χ3v) is 3.55. The average molecular weight is 247 g/mol. The molecule has 0 bridgehead atoms. The minimum atomic E-state index is 0.568. The summed E-state index contributed by atoms with van der Waals surface area (Å²) in [5.74, 6) is 1.73. The molecule has 0 radical (unpaired) electrons. The van der Waals surface area contributed by atoms with Gasteiger partial charge in [-0.1, -0.05) is 53.7 Å². The molecule has 0 aliphatic carbocycles. The third-order valence-electron chi connectivity index (χ3n) is 3.55. The molecule has 0 saturated heterocycles. The smallest absolute Gasteiger partial charge is 0.0431 e. The lowest BCUT2D eigenvalue weighted by Gasteiger charge is -2.27. The highest BCUT2D eigenvalue weighted by atomic mass is 15.1. The minimum absolute atomic E-state index is 0.568. The fourth-order valence-electron chi connectivity index (χ4n) is 2.43. The van der Waals surface area contributed by atoms with Crippen molar-refractivity contribution in [3.63, 3.8) is 0 Å². The van der Waals surface area contributed by atoms with E-state index < -0.39 is 0 Å². The molecule has 102 valence electrons. The lowest BCUT2D eigenvalue weighted by atomic mass is 9.87. The normalized spacial score (nSPS) is 11.7. The van der Waals surface area contributed by atoms with Gasteiger partial charge in [0.1, 0.15) is 0 Å². The van der Waals surface area contributed by atoms with Crippen LogP contribution in [-0.2, 0) is 0 Å². The Morgan fingerprint density at radius 3 is 1.33 bits per heavy atom. The van der Waals surface area contributed by atoms with Gasteiger partial charge in [-0.15, -0.1) is 0 Å². The van der Waals surface area contributed by atoms with Crippen LogP contribution >= 0.6 is 0 Å². The number of anilines is 1. The van der Waals surface area contributed by atoms with Gasteiger partial charge in [0.15, 0.2) is 0 Å². The molecule has 0 heterocycles. The number of hydrogen-bond acceptors (Lipinski definition) is 1. The second-order valence-corrected chi connectivity index (χ2v) is 6.41. The summed E-state index contributed by atoms with van der Waals surface area (Å²) >= 11 is 0. The predicted octanol–water partition coefficient (Wildman–Crippen LogP) is 5.12. The van der Waals surface area contributed by atoms with Crippen LogP contribution in [0.15, 0.2) is 12.1 Å². The highest BCUT2D eigenvalue weighted by molar-refractivity contribution is 5.62. The lowest BCUT2D eigenvalue weighted by Crippen LogP contribution is -2.16. The van der Waals surface area contributed by atoms with Crippen molar-refractivity contribution >= 4 is 5.69 Å². The van der Waals surface area contributed by atoms with Crippen molar-refractivity contribution < 1.29 is 0 Å². The van der Waals surface area contributed by atoms with Gasteiger partial charge in [0.2, 0.25) is 0 Å². The molecule has 1 aromatic carbocycles. The van der Waals surface area contributed by atoms with E-state index in [1.165, 1.54) is 22.4 Å². The van der Waals surface area contributed by atoms with Crippen LogP contribution in [0.5, 0.6) is 0 Å². The molecule has 18 heavy (non-hydrogen) atoms. The zero-order valence-electron chi connectivity index (χ0n) is 13.3.